The van der Waals surface area contributed by atoms with Crippen LogP contribution in [0.4, 0.5) is 0 Å². The lowest BCUT2D eigenvalue weighted by Gasteiger charge is -2.08. The number of ether oxygens (including phenoxy) is 2. The number of carbonyl (C=O) groups excluding carboxylic acids is 1. The number of rotatable bonds is 5. The minimum atomic E-state index is -0.403. The average Bonchev–Trinajstić information content (AvgIpc) is 2.20. The van der Waals surface area contributed by atoms with Gasteiger partial charge in [0, 0.05) is 6.07 Å². The Morgan fingerprint density at radius 2 is 2.27 bits per heavy atom. The standard InChI is InChI=1S/C10H12ClNO3/c1-14-7-2-3-9(8(11)6-7)15-5-4-10(12)13/h2-3,6H,4-5H2,1H3,(H2,12,13). The summed E-state index contributed by atoms with van der Waals surface area (Å²) in [4.78, 5) is 10.5. The molecule has 0 heterocycles. The normalized spacial score (nSPS) is 9.73. The van der Waals surface area contributed by atoms with E-state index in [0.717, 1.165) is 0 Å². The molecule has 5 heteroatoms. The highest BCUT2D eigenvalue weighted by molar-refractivity contribution is 6.32. The summed E-state index contributed by atoms with van der Waals surface area (Å²) < 4.78 is 10.2. The molecule has 0 aliphatic heterocycles. The van der Waals surface area contributed by atoms with E-state index < -0.39 is 5.91 Å². The van der Waals surface area contributed by atoms with Crippen LogP contribution < -0.4 is 15.2 Å². The third-order valence-corrected chi connectivity index (χ3v) is 2.04. The number of carbonyl (C=O) groups is 1. The van der Waals surface area contributed by atoms with Gasteiger partial charge in [-0.2, -0.15) is 0 Å². The Balaban J connectivity index is 2.58. The molecule has 1 amide bonds. The summed E-state index contributed by atoms with van der Waals surface area (Å²) in [6.45, 7) is 0.224. The van der Waals surface area contributed by atoms with E-state index in [9.17, 15) is 4.79 Å². The molecule has 82 valence electrons. The first kappa shape index (κ1) is 11.7. The predicted molar refractivity (Wildman–Crippen MR) is 57.3 cm³/mol. The summed E-state index contributed by atoms with van der Waals surface area (Å²) in [5.41, 5.74) is 4.97. The van der Waals surface area contributed by atoms with Crippen molar-refractivity contribution in [2.45, 2.75) is 6.42 Å². The number of methoxy groups -OCH3 is 1. The van der Waals surface area contributed by atoms with Crippen molar-refractivity contribution in [3.05, 3.63) is 23.2 Å². The molecule has 1 aromatic carbocycles. The van der Waals surface area contributed by atoms with Crippen molar-refractivity contribution in [1.82, 2.24) is 0 Å². The zero-order chi connectivity index (χ0) is 11.3. The predicted octanol–water partition coefficient (Wildman–Crippen LogP) is 1.60. The van der Waals surface area contributed by atoms with Crippen molar-refractivity contribution in [3.63, 3.8) is 0 Å². The maximum atomic E-state index is 10.5. The van der Waals surface area contributed by atoms with Gasteiger partial charge in [0.25, 0.3) is 0 Å². The number of halogens is 1. The summed E-state index contributed by atoms with van der Waals surface area (Å²) in [6, 6.07) is 5.05. The molecule has 0 aliphatic carbocycles. The fourth-order valence-corrected chi connectivity index (χ4v) is 1.21. The molecule has 0 atom stereocenters. The molecule has 2 N–H and O–H groups in total. The smallest absolute Gasteiger partial charge is 0.220 e. The number of benzene rings is 1. The second kappa shape index (κ2) is 5.46. The summed E-state index contributed by atoms with van der Waals surface area (Å²) in [6.07, 6.45) is 0.169. The second-order valence-corrected chi connectivity index (χ2v) is 3.27. The van der Waals surface area contributed by atoms with Crippen LogP contribution in [0, 0.1) is 0 Å². The van der Waals surface area contributed by atoms with E-state index in [1.54, 1.807) is 25.3 Å². The lowest BCUT2D eigenvalue weighted by atomic mass is 10.3. The number of hydrogen-bond acceptors (Lipinski definition) is 3. The van der Waals surface area contributed by atoms with Crippen LogP contribution >= 0.6 is 11.6 Å². The first-order chi connectivity index (χ1) is 7.13. The van der Waals surface area contributed by atoms with Crippen molar-refractivity contribution >= 4 is 17.5 Å². The molecule has 1 rings (SSSR count). The van der Waals surface area contributed by atoms with Crippen LogP contribution in [0.15, 0.2) is 18.2 Å². The monoisotopic (exact) mass is 229 g/mol. The molecule has 0 saturated carbocycles. The highest BCUT2D eigenvalue weighted by Gasteiger charge is 2.03. The van der Waals surface area contributed by atoms with Crippen molar-refractivity contribution in [3.8, 4) is 11.5 Å². The fourth-order valence-electron chi connectivity index (χ4n) is 0.987. The maximum Gasteiger partial charge on any atom is 0.220 e. The minimum absolute atomic E-state index is 0.169. The van der Waals surface area contributed by atoms with Gasteiger partial charge >= 0.3 is 0 Å². The van der Waals surface area contributed by atoms with E-state index in [2.05, 4.69) is 0 Å². The van der Waals surface area contributed by atoms with Gasteiger partial charge in [0.1, 0.15) is 11.5 Å². The Labute approximate surface area is 92.9 Å². The van der Waals surface area contributed by atoms with E-state index >= 15 is 0 Å². The van der Waals surface area contributed by atoms with Gasteiger partial charge < -0.3 is 15.2 Å². The summed E-state index contributed by atoms with van der Waals surface area (Å²) in [7, 11) is 1.55. The van der Waals surface area contributed by atoms with Crippen LogP contribution in [-0.2, 0) is 4.79 Å². The SMILES string of the molecule is COc1ccc(OCCC(N)=O)c(Cl)c1. The largest absolute Gasteiger partial charge is 0.497 e. The van der Waals surface area contributed by atoms with E-state index in [1.165, 1.54) is 0 Å². The van der Waals surface area contributed by atoms with E-state index in [1.807, 2.05) is 0 Å². The van der Waals surface area contributed by atoms with Crippen molar-refractivity contribution in [2.24, 2.45) is 5.73 Å². The average molecular weight is 230 g/mol. The topological polar surface area (TPSA) is 61.6 Å². The Hall–Kier alpha value is -1.42. The Morgan fingerprint density at radius 3 is 2.80 bits per heavy atom. The maximum absolute atomic E-state index is 10.5. The highest BCUT2D eigenvalue weighted by atomic mass is 35.5. The van der Waals surface area contributed by atoms with Gasteiger partial charge in [0.15, 0.2) is 0 Å². The van der Waals surface area contributed by atoms with E-state index in [4.69, 9.17) is 26.8 Å². The molecule has 0 radical (unpaired) electrons. The molecule has 0 unspecified atom stereocenters. The molecule has 0 aromatic heterocycles. The Kier molecular flexibility index (Phi) is 4.24. The van der Waals surface area contributed by atoms with Crippen LogP contribution in [0.2, 0.25) is 5.02 Å². The van der Waals surface area contributed by atoms with Crippen molar-refractivity contribution in [1.29, 1.82) is 0 Å². The molecule has 0 fully saturated rings. The fraction of sp³-hybridized carbons (Fsp3) is 0.300. The third-order valence-electron chi connectivity index (χ3n) is 1.75. The minimum Gasteiger partial charge on any atom is -0.497 e. The van der Waals surface area contributed by atoms with Crippen LogP contribution in [0.1, 0.15) is 6.42 Å². The first-order valence-corrected chi connectivity index (χ1v) is 4.76. The lowest BCUT2D eigenvalue weighted by molar-refractivity contribution is -0.118. The molecule has 0 aliphatic rings. The quantitative estimate of drug-likeness (QED) is 0.834. The number of nitrogens with two attached hydrogens (primary N) is 1. The zero-order valence-electron chi connectivity index (χ0n) is 8.33. The van der Waals surface area contributed by atoms with Gasteiger partial charge in [-0.3, -0.25) is 4.79 Å². The summed E-state index contributed by atoms with van der Waals surface area (Å²) in [5.74, 6) is 0.764. The Morgan fingerprint density at radius 1 is 1.53 bits per heavy atom. The van der Waals surface area contributed by atoms with Gasteiger partial charge in [-0.1, -0.05) is 11.6 Å². The van der Waals surface area contributed by atoms with Gasteiger partial charge in [0.2, 0.25) is 5.91 Å². The Bertz CT molecular complexity index is 355. The highest BCUT2D eigenvalue weighted by Crippen LogP contribution is 2.28. The number of hydrogen-bond donors (Lipinski definition) is 1. The second-order valence-electron chi connectivity index (χ2n) is 2.86. The van der Waals surface area contributed by atoms with Gasteiger partial charge in [-0.15, -0.1) is 0 Å². The summed E-state index contributed by atoms with van der Waals surface area (Å²) >= 11 is 5.90. The van der Waals surface area contributed by atoms with Gasteiger partial charge in [-0.25, -0.2) is 0 Å². The van der Waals surface area contributed by atoms with Crippen LogP contribution in [0.3, 0.4) is 0 Å². The molecular weight excluding hydrogens is 218 g/mol. The number of primary amides is 1. The van der Waals surface area contributed by atoms with Crippen LogP contribution in [0.5, 0.6) is 11.5 Å². The van der Waals surface area contributed by atoms with E-state index in [-0.39, 0.29) is 13.0 Å². The zero-order valence-corrected chi connectivity index (χ0v) is 9.08. The molecule has 0 spiro atoms. The molecule has 0 saturated heterocycles. The molecule has 0 bridgehead atoms. The summed E-state index contributed by atoms with van der Waals surface area (Å²) in [5, 5.41) is 0.443. The number of amides is 1. The molecule has 1 aromatic rings. The lowest BCUT2D eigenvalue weighted by Crippen LogP contribution is -2.14. The molecule has 4 nitrogen and oxygen atoms in total. The van der Waals surface area contributed by atoms with E-state index in [0.29, 0.717) is 16.5 Å². The van der Waals surface area contributed by atoms with Crippen molar-refractivity contribution < 1.29 is 14.3 Å². The van der Waals surface area contributed by atoms with Crippen LogP contribution in [-0.4, -0.2) is 19.6 Å². The van der Waals surface area contributed by atoms with Crippen LogP contribution in [0.25, 0.3) is 0 Å². The first-order valence-electron chi connectivity index (χ1n) is 4.38. The molecule has 15 heavy (non-hydrogen) atoms. The van der Waals surface area contributed by atoms with Crippen molar-refractivity contribution in [2.75, 3.05) is 13.7 Å². The van der Waals surface area contributed by atoms with Gasteiger partial charge in [0.05, 0.1) is 25.2 Å². The molecular formula is C10H12ClNO3. The van der Waals surface area contributed by atoms with Gasteiger partial charge in [-0.05, 0) is 12.1 Å². The third kappa shape index (κ3) is 3.67.